The minimum absolute atomic E-state index is 0.702. The van der Waals surface area contributed by atoms with Crippen molar-refractivity contribution in [2.75, 3.05) is 0 Å². The molecule has 0 aliphatic carbocycles. The first-order valence-corrected chi connectivity index (χ1v) is 9.45. The van der Waals surface area contributed by atoms with E-state index in [0.717, 1.165) is 8.95 Å². The van der Waals surface area contributed by atoms with Crippen LogP contribution in [0.25, 0.3) is 0 Å². The summed E-state index contributed by atoms with van der Waals surface area (Å²) in [5, 5.41) is 0. The SMILES string of the molecule is C[Si](C)(C)OCc1cc(Br)cc(Br)c1. The van der Waals surface area contributed by atoms with Gasteiger partial charge in [0.05, 0.1) is 6.61 Å². The van der Waals surface area contributed by atoms with Gasteiger partial charge < -0.3 is 4.43 Å². The maximum atomic E-state index is 5.82. The zero-order valence-electron chi connectivity index (χ0n) is 8.60. The molecule has 0 aliphatic heterocycles. The van der Waals surface area contributed by atoms with Gasteiger partial charge in [0.25, 0.3) is 0 Å². The lowest BCUT2D eigenvalue weighted by molar-refractivity contribution is 0.299. The van der Waals surface area contributed by atoms with Gasteiger partial charge in [0.1, 0.15) is 0 Å². The van der Waals surface area contributed by atoms with Crippen LogP contribution >= 0.6 is 31.9 Å². The highest BCUT2D eigenvalue weighted by atomic mass is 79.9. The fourth-order valence-corrected chi connectivity index (χ4v) is 2.98. The van der Waals surface area contributed by atoms with E-state index in [2.05, 4.69) is 63.6 Å². The summed E-state index contributed by atoms with van der Waals surface area (Å²) in [7, 11) is -1.41. The van der Waals surface area contributed by atoms with E-state index >= 15 is 0 Å². The van der Waals surface area contributed by atoms with Crippen molar-refractivity contribution in [1.29, 1.82) is 0 Å². The molecule has 1 rings (SSSR count). The Bertz CT molecular complexity index is 300. The summed E-state index contributed by atoms with van der Waals surface area (Å²) in [4.78, 5) is 0. The molecule has 0 atom stereocenters. The smallest absolute Gasteiger partial charge is 0.184 e. The highest BCUT2D eigenvalue weighted by Crippen LogP contribution is 2.21. The molecule has 0 aliphatic rings. The maximum Gasteiger partial charge on any atom is 0.184 e. The predicted octanol–water partition coefficient (Wildman–Crippen LogP) is 4.56. The molecule has 0 N–H and O–H groups in total. The summed E-state index contributed by atoms with van der Waals surface area (Å²) in [6.07, 6.45) is 0. The quantitative estimate of drug-likeness (QED) is 0.734. The largest absolute Gasteiger partial charge is 0.413 e. The Morgan fingerprint density at radius 2 is 1.57 bits per heavy atom. The Morgan fingerprint density at radius 3 is 2.00 bits per heavy atom. The topological polar surface area (TPSA) is 9.23 Å². The Labute approximate surface area is 103 Å². The summed E-state index contributed by atoms with van der Waals surface area (Å²) in [5.41, 5.74) is 1.20. The second-order valence-corrected chi connectivity index (χ2v) is 10.5. The van der Waals surface area contributed by atoms with Crippen LogP contribution in [0.5, 0.6) is 0 Å². The first-order chi connectivity index (χ1) is 6.37. The molecular formula is C10H14Br2OSi. The molecule has 0 spiro atoms. The van der Waals surface area contributed by atoms with Crippen LogP contribution in [0, 0.1) is 0 Å². The van der Waals surface area contributed by atoms with Gasteiger partial charge in [-0.15, -0.1) is 0 Å². The molecule has 78 valence electrons. The van der Waals surface area contributed by atoms with E-state index in [1.807, 2.05) is 6.07 Å². The van der Waals surface area contributed by atoms with E-state index in [4.69, 9.17) is 4.43 Å². The molecule has 0 heterocycles. The Morgan fingerprint density at radius 1 is 1.07 bits per heavy atom. The average molecular weight is 338 g/mol. The minimum atomic E-state index is -1.41. The van der Waals surface area contributed by atoms with E-state index < -0.39 is 8.32 Å². The number of rotatable bonds is 3. The number of halogens is 2. The van der Waals surface area contributed by atoms with Crippen molar-refractivity contribution in [1.82, 2.24) is 0 Å². The molecule has 0 fully saturated rings. The Hall–Kier alpha value is 0.357. The fourth-order valence-electron chi connectivity index (χ4n) is 0.994. The molecule has 14 heavy (non-hydrogen) atoms. The summed E-state index contributed by atoms with van der Waals surface area (Å²) >= 11 is 6.92. The second kappa shape index (κ2) is 4.92. The molecule has 0 amide bonds. The van der Waals surface area contributed by atoms with E-state index in [1.165, 1.54) is 5.56 Å². The first-order valence-electron chi connectivity index (χ1n) is 4.46. The molecule has 0 saturated carbocycles. The lowest BCUT2D eigenvalue weighted by atomic mass is 10.2. The molecule has 0 radical (unpaired) electrons. The van der Waals surface area contributed by atoms with E-state index in [0.29, 0.717) is 6.61 Å². The standard InChI is InChI=1S/C10H14Br2OSi/c1-14(2,3)13-7-8-4-9(11)6-10(12)5-8/h4-6H,7H2,1-3H3. The van der Waals surface area contributed by atoms with Crippen LogP contribution in [0.15, 0.2) is 27.1 Å². The predicted molar refractivity (Wildman–Crippen MR) is 70.0 cm³/mol. The van der Waals surface area contributed by atoms with Crippen LogP contribution in [0.3, 0.4) is 0 Å². The zero-order valence-corrected chi connectivity index (χ0v) is 12.8. The maximum absolute atomic E-state index is 5.82. The lowest BCUT2D eigenvalue weighted by Crippen LogP contribution is -2.24. The Balaban J connectivity index is 2.68. The van der Waals surface area contributed by atoms with Crippen molar-refractivity contribution in [3.05, 3.63) is 32.7 Å². The van der Waals surface area contributed by atoms with Crippen molar-refractivity contribution in [2.45, 2.75) is 26.2 Å². The van der Waals surface area contributed by atoms with Gasteiger partial charge in [-0.05, 0) is 43.4 Å². The highest BCUT2D eigenvalue weighted by Gasteiger charge is 2.14. The van der Waals surface area contributed by atoms with Crippen molar-refractivity contribution >= 4 is 40.2 Å². The molecule has 4 heteroatoms. The Kier molecular flexibility index (Phi) is 4.37. The minimum Gasteiger partial charge on any atom is -0.413 e. The van der Waals surface area contributed by atoms with Crippen LogP contribution < -0.4 is 0 Å². The average Bonchev–Trinajstić information content (AvgIpc) is 1.97. The van der Waals surface area contributed by atoms with E-state index in [9.17, 15) is 0 Å². The summed E-state index contributed by atoms with van der Waals surface area (Å²) in [5.74, 6) is 0. The lowest BCUT2D eigenvalue weighted by Gasteiger charge is -2.17. The molecule has 0 bridgehead atoms. The first kappa shape index (κ1) is 12.4. The van der Waals surface area contributed by atoms with Crippen molar-refractivity contribution < 1.29 is 4.43 Å². The van der Waals surface area contributed by atoms with Gasteiger partial charge in [0, 0.05) is 8.95 Å². The third-order valence-corrected chi connectivity index (χ3v) is 3.52. The summed E-state index contributed by atoms with van der Waals surface area (Å²) in [6, 6.07) is 6.20. The molecule has 0 unspecified atom stereocenters. The molecule has 1 aromatic rings. The fraction of sp³-hybridized carbons (Fsp3) is 0.400. The van der Waals surface area contributed by atoms with Gasteiger partial charge in [-0.2, -0.15) is 0 Å². The van der Waals surface area contributed by atoms with Crippen LogP contribution in [-0.4, -0.2) is 8.32 Å². The van der Waals surface area contributed by atoms with Gasteiger partial charge >= 0.3 is 0 Å². The molecule has 0 saturated heterocycles. The number of benzene rings is 1. The highest BCUT2D eigenvalue weighted by molar-refractivity contribution is 9.11. The number of hydrogen-bond acceptors (Lipinski definition) is 1. The van der Waals surface area contributed by atoms with Gasteiger partial charge in [-0.1, -0.05) is 31.9 Å². The van der Waals surface area contributed by atoms with Crippen LogP contribution in [-0.2, 0) is 11.0 Å². The molecule has 0 aromatic heterocycles. The molecule has 1 nitrogen and oxygen atoms in total. The number of hydrogen-bond donors (Lipinski definition) is 0. The zero-order chi connectivity index (χ0) is 10.8. The van der Waals surface area contributed by atoms with Crippen molar-refractivity contribution in [2.24, 2.45) is 0 Å². The van der Waals surface area contributed by atoms with Gasteiger partial charge in [-0.25, -0.2) is 0 Å². The van der Waals surface area contributed by atoms with Crippen molar-refractivity contribution in [3.8, 4) is 0 Å². The van der Waals surface area contributed by atoms with Gasteiger partial charge in [0.15, 0.2) is 8.32 Å². The van der Waals surface area contributed by atoms with E-state index in [1.54, 1.807) is 0 Å². The van der Waals surface area contributed by atoms with Crippen LogP contribution in [0.2, 0.25) is 19.6 Å². The normalized spacial score (nSPS) is 11.8. The van der Waals surface area contributed by atoms with Gasteiger partial charge in [-0.3, -0.25) is 0 Å². The van der Waals surface area contributed by atoms with Crippen molar-refractivity contribution in [3.63, 3.8) is 0 Å². The van der Waals surface area contributed by atoms with E-state index in [-0.39, 0.29) is 0 Å². The monoisotopic (exact) mass is 336 g/mol. The van der Waals surface area contributed by atoms with Gasteiger partial charge in [0.2, 0.25) is 0 Å². The third kappa shape index (κ3) is 4.73. The second-order valence-electron chi connectivity index (χ2n) is 4.18. The third-order valence-electron chi connectivity index (χ3n) is 1.59. The van der Waals surface area contributed by atoms with Crippen LogP contribution in [0.1, 0.15) is 5.56 Å². The molecule has 1 aromatic carbocycles. The summed E-state index contributed by atoms with van der Waals surface area (Å²) < 4.78 is 7.99. The van der Waals surface area contributed by atoms with Crippen LogP contribution in [0.4, 0.5) is 0 Å². The summed E-state index contributed by atoms with van der Waals surface area (Å²) in [6.45, 7) is 7.29. The molecular weight excluding hydrogens is 324 g/mol.